The molecule has 1 fully saturated rings. The van der Waals surface area contributed by atoms with Crippen molar-refractivity contribution >= 4 is 17.4 Å². The van der Waals surface area contributed by atoms with Crippen molar-refractivity contribution in [1.82, 2.24) is 14.7 Å². The van der Waals surface area contributed by atoms with E-state index >= 15 is 0 Å². The SMILES string of the molecule is CN(C)CCn1ncc(Cl)c1C(=O)CCC1CCCCC1. The van der Waals surface area contributed by atoms with Gasteiger partial charge in [0.1, 0.15) is 5.69 Å². The molecule has 0 radical (unpaired) electrons. The largest absolute Gasteiger partial charge is 0.308 e. The summed E-state index contributed by atoms with van der Waals surface area (Å²) in [6, 6.07) is 0. The van der Waals surface area contributed by atoms with Crippen LogP contribution in [0, 0.1) is 5.92 Å². The van der Waals surface area contributed by atoms with E-state index in [0.29, 0.717) is 23.7 Å². The van der Waals surface area contributed by atoms with Gasteiger partial charge in [0.15, 0.2) is 5.78 Å². The highest BCUT2D eigenvalue weighted by molar-refractivity contribution is 6.33. The number of likely N-dealkylation sites (N-methyl/N-ethyl adjacent to an activating group) is 1. The first-order chi connectivity index (χ1) is 10.1. The quantitative estimate of drug-likeness (QED) is 0.722. The van der Waals surface area contributed by atoms with Crippen LogP contribution in [0.4, 0.5) is 0 Å². The van der Waals surface area contributed by atoms with Crippen molar-refractivity contribution in [2.45, 2.75) is 51.5 Å². The lowest BCUT2D eigenvalue weighted by molar-refractivity contribution is 0.0959. The highest BCUT2D eigenvalue weighted by atomic mass is 35.5. The Bertz CT molecular complexity index is 464. The molecule has 1 aromatic heterocycles. The molecule has 5 heteroatoms. The topological polar surface area (TPSA) is 38.1 Å². The molecular weight excluding hydrogens is 286 g/mol. The van der Waals surface area contributed by atoms with Gasteiger partial charge in [-0.1, -0.05) is 43.7 Å². The summed E-state index contributed by atoms with van der Waals surface area (Å²) in [5.41, 5.74) is 0.592. The van der Waals surface area contributed by atoms with Crippen LogP contribution in [0.2, 0.25) is 5.02 Å². The summed E-state index contributed by atoms with van der Waals surface area (Å²) in [7, 11) is 4.02. The molecule has 1 heterocycles. The van der Waals surface area contributed by atoms with Crippen LogP contribution in [0.1, 0.15) is 55.4 Å². The van der Waals surface area contributed by atoms with Crippen LogP contribution in [0.3, 0.4) is 0 Å². The van der Waals surface area contributed by atoms with E-state index in [4.69, 9.17) is 11.6 Å². The average Bonchev–Trinajstić information content (AvgIpc) is 2.85. The molecule has 2 rings (SSSR count). The molecule has 118 valence electrons. The molecule has 0 amide bonds. The van der Waals surface area contributed by atoms with Crippen LogP contribution in [0.15, 0.2) is 6.20 Å². The lowest BCUT2D eigenvalue weighted by atomic mass is 9.85. The van der Waals surface area contributed by atoms with Gasteiger partial charge in [-0.3, -0.25) is 9.48 Å². The first-order valence-electron chi connectivity index (χ1n) is 7.97. The van der Waals surface area contributed by atoms with Crippen molar-refractivity contribution in [2.75, 3.05) is 20.6 Å². The van der Waals surface area contributed by atoms with Gasteiger partial charge in [-0.05, 0) is 26.4 Å². The van der Waals surface area contributed by atoms with Gasteiger partial charge in [0.05, 0.1) is 17.8 Å². The van der Waals surface area contributed by atoms with Crippen LogP contribution in [0.5, 0.6) is 0 Å². The second kappa shape index (κ2) is 7.95. The Morgan fingerprint density at radius 3 is 2.76 bits per heavy atom. The van der Waals surface area contributed by atoms with E-state index in [-0.39, 0.29) is 5.78 Å². The van der Waals surface area contributed by atoms with Gasteiger partial charge in [-0.2, -0.15) is 5.10 Å². The molecule has 4 nitrogen and oxygen atoms in total. The minimum Gasteiger partial charge on any atom is -0.308 e. The summed E-state index contributed by atoms with van der Waals surface area (Å²) < 4.78 is 1.76. The zero-order valence-electron chi connectivity index (χ0n) is 13.1. The fraction of sp³-hybridized carbons (Fsp3) is 0.750. The number of hydrogen-bond acceptors (Lipinski definition) is 3. The summed E-state index contributed by atoms with van der Waals surface area (Å²) in [5.74, 6) is 0.862. The minimum absolute atomic E-state index is 0.141. The molecule has 0 N–H and O–H groups in total. The van der Waals surface area contributed by atoms with Crippen molar-refractivity contribution < 1.29 is 4.79 Å². The smallest absolute Gasteiger partial charge is 0.182 e. The van der Waals surface area contributed by atoms with Crippen LogP contribution in [-0.4, -0.2) is 41.1 Å². The summed E-state index contributed by atoms with van der Waals surface area (Å²) in [4.78, 5) is 14.6. The maximum Gasteiger partial charge on any atom is 0.182 e. The summed E-state index contributed by atoms with van der Waals surface area (Å²) in [6.07, 6.45) is 9.73. The molecule has 1 aromatic rings. The molecule has 1 saturated carbocycles. The third-order valence-corrected chi connectivity index (χ3v) is 4.60. The Morgan fingerprint density at radius 2 is 2.10 bits per heavy atom. The molecule has 0 bridgehead atoms. The number of aromatic nitrogens is 2. The number of rotatable bonds is 7. The monoisotopic (exact) mass is 311 g/mol. The zero-order chi connectivity index (χ0) is 15.2. The molecule has 21 heavy (non-hydrogen) atoms. The van der Waals surface area contributed by atoms with E-state index in [9.17, 15) is 4.79 Å². The van der Waals surface area contributed by atoms with E-state index in [1.54, 1.807) is 10.9 Å². The summed E-state index contributed by atoms with van der Waals surface area (Å²) in [5, 5.41) is 4.73. The van der Waals surface area contributed by atoms with Crippen LogP contribution in [-0.2, 0) is 6.54 Å². The van der Waals surface area contributed by atoms with Crippen LogP contribution in [0.25, 0.3) is 0 Å². The predicted molar refractivity (Wildman–Crippen MR) is 85.9 cm³/mol. The van der Waals surface area contributed by atoms with Crippen molar-refractivity contribution in [1.29, 1.82) is 0 Å². The van der Waals surface area contributed by atoms with Gasteiger partial charge >= 0.3 is 0 Å². The molecule has 1 aliphatic carbocycles. The molecular formula is C16H26ClN3O. The second-order valence-electron chi connectivity index (χ2n) is 6.33. The van der Waals surface area contributed by atoms with Crippen LogP contribution < -0.4 is 0 Å². The molecule has 0 unspecified atom stereocenters. The number of nitrogens with zero attached hydrogens (tertiary/aromatic N) is 3. The third kappa shape index (κ3) is 4.82. The number of carbonyl (C=O) groups is 1. The van der Waals surface area contributed by atoms with Gasteiger partial charge in [-0.15, -0.1) is 0 Å². The van der Waals surface area contributed by atoms with E-state index in [1.807, 2.05) is 14.1 Å². The molecule has 0 atom stereocenters. The highest BCUT2D eigenvalue weighted by Crippen LogP contribution is 2.28. The Morgan fingerprint density at radius 1 is 1.38 bits per heavy atom. The number of hydrogen-bond donors (Lipinski definition) is 0. The minimum atomic E-state index is 0.141. The van der Waals surface area contributed by atoms with E-state index in [1.165, 1.54) is 32.1 Å². The Balaban J connectivity index is 1.92. The maximum absolute atomic E-state index is 12.5. The van der Waals surface area contributed by atoms with Gasteiger partial charge in [0, 0.05) is 13.0 Å². The predicted octanol–water partition coefficient (Wildman–Crippen LogP) is 3.64. The highest BCUT2D eigenvalue weighted by Gasteiger charge is 2.20. The zero-order valence-corrected chi connectivity index (χ0v) is 13.9. The molecule has 1 aliphatic rings. The van der Waals surface area contributed by atoms with Crippen molar-refractivity contribution in [3.8, 4) is 0 Å². The molecule has 0 saturated heterocycles. The van der Waals surface area contributed by atoms with E-state index < -0.39 is 0 Å². The number of carbonyl (C=O) groups excluding carboxylic acids is 1. The Hall–Kier alpha value is -0.870. The third-order valence-electron chi connectivity index (χ3n) is 4.32. The summed E-state index contributed by atoms with van der Waals surface area (Å²) >= 11 is 6.16. The van der Waals surface area contributed by atoms with Gasteiger partial charge in [0.25, 0.3) is 0 Å². The maximum atomic E-state index is 12.5. The van der Waals surface area contributed by atoms with Crippen LogP contribution >= 0.6 is 11.6 Å². The fourth-order valence-corrected chi connectivity index (χ4v) is 3.28. The van der Waals surface area contributed by atoms with Crippen molar-refractivity contribution in [3.05, 3.63) is 16.9 Å². The van der Waals surface area contributed by atoms with Crippen molar-refractivity contribution in [2.24, 2.45) is 5.92 Å². The van der Waals surface area contributed by atoms with Crippen molar-refractivity contribution in [3.63, 3.8) is 0 Å². The molecule has 0 spiro atoms. The molecule has 0 aromatic carbocycles. The first kappa shape index (κ1) is 16.5. The van der Waals surface area contributed by atoms with E-state index in [0.717, 1.165) is 18.9 Å². The van der Waals surface area contributed by atoms with Gasteiger partial charge < -0.3 is 4.90 Å². The van der Waals surface area contributed by atoms with E-state index in [2.05, 4.69) is 10.00 Å². The lowest BCUT2D eigenvalue weighted by Gasteiger charge is -2.21. The Labute approximate surface area is 132 Å². The molecule has 0 aliphatic heterocycles. The first-order valence-corrected chi connectivity index (χ1v) is 8.35. The van der Waals surface area contributed by atoms with Gasteiger partial charge in [0.2, 0.25) is 0 Å². The Kier molecular flexibility index (Phi) is 6.24. The number of Topliss-reactive ketones (excluding diaryl/α,β-unsaturated/α-hetero) is 1. The second-order valence-corrected chi connectivity index (χ2v) is 6.74. The average molecular weight is 312 g/mol. The lowest BCUT2D eigenvalue weighted by Crippen LogP contribution is -2.21. The summed E-state index contributed by atoms with van der Waals surface area (Å²) in [6.45, 7) is 1.55. The normalized spacial score (nSPS) is 16.6. The number of ketones is 1. The standard InChI is InChI=1S/C16H26ClN3O/c1-19(2)10-11-20-16(14(17)12-18-20)15(21)9-8-13-6-4-3-5-7-13/h12-13H,3-11H2,1-2H3. The fourth-order valence-electron chi connectivity index (χ4n) is 3.03. The number of halogens is 1. The van der Waals surface area contributed by atoms with Gasteiger partial charge in [-0.25, -0.2) is 0 Å².